The van der Waals surface area contributed by atoms with E-state index in [-0.39, 0.29) is 11.1 Å². The summed E-state index contributed by atoms with van der Waals surface area (Å²) >= 11 is 0. The summed E-state index contributed by atoms with van der Waals surface area (Å²) in [5, 5.41) is 21.1. The molecule has 3 rings (SSSR count). The van der Waals surface area contributed by atoms with Gasteiger partial charge in [-0.25, -0.2) is 0 Å². The van der Waals surface area contributed by atoms with Crippen molar-refractivity contribution >= 4 is 11.8 Å². The molecule has 0 saturated heterocycles. The molecular weight excluding hydrogens is 312 g/mol. The molecule has 1 heterocycles. The van der Waals surface area contributed by atoms with Crippen molar-refractivity contribution in [3.05, 3.63) is 81.4 Å². The molecule has 0 spiro atoms. The number of benzene rings is 2. The van der Waals surface area contributed by atoms with Gasteiger partial charge in [0.15, 0.2) is 0 Å². The van der Waals surface area contributed by atoms with Gasteiger partial charge in [-0.15, -0.1) is 0 Å². The molecule has 2 aromatic rings. The lowest BCUT2D eigenvalue weighted by Gasteiger charge is -2.29. The molecule has 0 aromatic heterocycles. The van der Waals surface area contributed by atoms with Crippen LogP contribution in [0, 0.1) is 10.1 Å². The number of rotatable bonds is 5. The highest BCUT2D eigenvalue weighted by Crippen LogP contribution is 2.33. The van der Waals surface area contributed by atoms with Gasteiger partial charge in [-0.1, -0.05) is 42.5 Å². The molecule has 1 aliphatic heterocycles. The summed E-state index contributed by atoms with van der Waals surface area (Å²) < 4.78 is 0. The minimum Gasteiger partial charge on any atom is -0.384 e. The first kappa shape index (κ1) is 15.8. The molecule has 2 atom stereocenters. The molecule has 122 valence electrons. The van der Waals surface area contributed by atoms with Crippen LogP contribution in [-0.2, 0) is 0 Å². The molecule has 2 aromatic carbocycles. The van der Waals surface area contributed by atoms with Gasteiger partial charge in [0.05, 0.1) is 17.2 Å². The maximum Gasteiger partial charge on any atom is 0.262 e. The number of imide groups is 1. The zero-order valence-electron chi connectivity index (χ0n) is 12.5. The predicted molar refractivity (Wildman–Crippen MR) is 84.0 cm³/mol. The third-order valence-corrected chi connectivity index (χ3v) is 3.95. The zero-order valence-corrected chi connectivity index (χ0v) is 12.5. The molecule has 0 radical (unpaired) electrons. The second kappa shape index (κ2) is 6.21. The van der Waals surface area contributed by atoms with Crippen LogP contribution in [0.4, 0.5) is 0 Å². The topological polar surface area (TPSA) is 101 Å². The van der Waals surface area contributed by atoms with Crippen LogP contribution in [0.15, 0.2) is 54.6 Å². The Hall–Kier alpha value is -3.06. The zero-order chi connectivity index (χ0) is 17.3. The summed E-state index contributed by atoms with van der Waals surface area (Å²) in [4.78, 5) is 36.3. The molecule has 2 amide bonds. The number of carbonyl (C=O) groups excluding carboxylic acids is 2. The highest BCUT2D eigenvalue weighted by Gasteiger charge is 2.44. The van der Waals surface area contributed by atoms with Crippen molar-refractivity contribution in [2.24, 2.45) is 0 Å². The standard InChI is InChI=1S/C17H14N2O5/c20-14(10-18(23)24)15(11-6-2-1-3-7-11)19-16(21)12-8-4-5-9-13(12)17(19)22/h1-9,14-15,20H,10H2/t14-,15-/m0/s1. The maximum atomic E-state index is 12.6. The second-order valence-electron chi connectivity index (χ2n) is 5.46. The molecule has 24 heavy (non-hydrogen) atoms. The summed E-state index contributed by atoms with van der Waals surface area (Å²) in [7, 11) is 0. The predicted octanol–water partition coefficient (Wildman–Crippen LogP) is 1.66. The van der Waals surface area contributed by atoms with Gasteiger partial charge in [0.1, 0.15) is 6.10 Å². The summed E-state index contributed by atoms with van der Waals surface area (Å²) in [5.74, 6) is -1.13. The van der Waals surface area contributed by atoms with Crippen LogP contribution in [-0.4, -0.2) is 39.4 Å². The van der Waals surface area contributed by atoms with Gasteiger partial charge in [-0.05, 0) is 17.7 Å². The van der Waals surface area contributed by atoms with E-state index in [0.29, 0.717) is 5.56 Å². The molecule has 0 aliphatic carbocycles. The number of nitrogens with zero attached hydrogens (tertiary/aromatic N) is 2. The third kappa shape index (κ3) is 2.65. The monoisotopic (exact) mass is 326 g/mol. The normalized spacial score (nSPS) is 16.0. The van der Waals surface area contributed by atoms with Gasteiger partial charge in [-0.3, -0.25) is 24.6 Å². The van der Waals surface area contributed by atoms with Crippen LogP contribution in [0.1, 0.15) is 32.3 Å². The van der Waals surface area contributed by atoms with Crippen molar-refractivity contribution in [1.29, 1.82) is 0 Å². The number of aliphatic hydroxyl groups excluding tert-OH is 1. The first-order chi connectivity index (χ1) is 11.5. The minimum absolute atomic E-state index is 0.233. The van der Waals surface area contributed by atoms with Gasteiger partial charge in [0, 0.05) is 4.92 Å². The number of amides is 2. The van der Waals surface area contributed by atoms with Crippen LogP contribution in [0.5, 0.6) is 0 Å². The highest BCUT2D eigenvalue weighted by atomic mass is 16.6. The molecule has 7 heteroatoms. The van der Waals surface area contributed by atoms with E-state index in [0.717, 1.165) is 4.90 Å². The number of hydrogen-bond acceptors (Lipinski definition) is 5. The molecule has 1 N–H and O–H groups in total. The van der Waals surface area contributed by atoms with E-state index >= 15 is 0 Å². The lowest BCUT2D eigenvalue weighted by Crippen LogP contribution is -2.43. The first-order valence-electron chi connectivity index (χ1n) is 7.32. The number of nitro groups is 1. The average molecular weight is 326 g/mol. The quantitative estimate of drug-likeness (QED) is 0.511. The lowest BCUT2D eigenvalue weighted by molar-refractivity contribution is -0.491. The molecule has 0 unspecified atom stereocenters. The molecule has 0 saturated carbocycles. The van der Waals surface area contributed by atoms with Crippen LogP contribution in [0.2, 0.25) is 0 Å². The Balaban J connectivity index is 2.05. The van der Waals surface area contributed by atoms with Gasteiger partial charge >= 0.3 is 0 Å². The maximum absolute atomic E-state index is 12.6. The highest BCUT2D eigenvalue weighted by molar-refractivity contribution is 6.21. The van der Waals surface area contributed by atoms with Crippen molar-refractivity contribution in [2.45, 2.75) is 12.1 Å². The fourth-order valence-corrected chi connectivity index (χ4v) is 2.91. The number of hydrogen-bond donors (Lipinski definition) is 1. The van der Waals surface area contributed by atoms with Crippen molar-refractivity contribution in [3.8, 4) is 0 Å². The van der Waals surface area contributed by atoms with Crippen molar-refractivity contribution < 1.29 is 19.6 Å². The first-order valence-corrected chi connectivity index (χ1v) is 7.32. The van der Waals surface area contributed by atoms with E-state index in [1.165, 1.54) is 12.1 Å². The van der Waals surface area contributed by atoms with E-state index in [2.05, 4.69) is 0 Å². The molecule has 0 bridgehead atoms. The van der Waals surface area contributed by atoms with Gasteiger partial charge < -0.3 is 5.11 Å². The van der Waals surface area contributed by atoms with Gasteiger partial charge in [0.2, 0.25) is 6.54 Å². The lowest BCUT2D eigenvalue weighted by atomic mass is 9.99. The Bertz CT molecular complexity index is 771. The van der Waals surface area contributed by atoms with E-state index in [4.69, 9.17) is 0 Å². The number of carbonyl (C=O) groups is 2. The van der Waals surface area contributed by atoms with Gasteiger partial charge in [0.25, 0.3) is 11.8 Å². The van der Waals surface area contributed by atoms with E-state index in [1.54, 1.807) is 42.5 Å². The van der Waals surface area contributed by atoms with E-state index in [1.807, 2.05) is 0 Å². The fraction of sp³-hybridized carbons (Fsp3) is 0.176. The minimum atomic E-state index is -1.51. The van der Waals surface area contributed by atoms with Crippen LogP contribution in [0.3, 0.4) is 0 Å². The third-order valence-electron chi connectivity index (χ3n) is 3.95. The van der Waals surface area contributed by atoms with Gasteiger partial charge in [-0.2, -0.15) is 0 Å². The Morgan fingerprint density at radius 3 is 1.96 bits per heavy atom. The Kier molecular flexibility index (Phi) is 4.09. The van der Waals surface area contributed by atoms with E-state index in [9.17, 15) is 24.8 Å². The van der Waals surface area contributed by atoms with Crippen molar-refractivity contribution in [3.63, 3.8) is 0 Å². The van der Waals surface area contributed by atoms with Crippen molar-refractivity contribution in [1.82, 2.24) is 4.90 Å². The summed E-state index contributed by atoms with van der Waals surface area (Å²) in [6.07, 6.45) is -1.51. The Labute approximate surface area is 137 Å². The average Bonchev–Trinajstić information content (AvgIpc) is 2.81. The van der Waals surface area contributed by atoms with E-state index < -0.39 is 35.4 Å². The summed E-state index contributed by atoms with van der Waals surface area (Å²) in [6, 6.07) is 13.5. The SMILES string of the molecule is O=C1c2ccccc2C(=O)N1[C@@H](c1ccccc1)[C@@H](O)C[N+](=O)[O-]. The summed E-state index contributed by atoms with van der Waals surface area (Å²) in [6.45, 7) is -0.771. The molecule has 0 fully saturated rings. The van der Waals surface area contributed by atoms with Crippen LogP contribution in [0.25, 0.3) is 0 Å². The Morgan fingerprint density at radius 2 is 1.46 bits per heavy atom. The van der Waals surface area contributed by atoms with Crippen molar-refractivity contribution in [2.75, 3.05) is 6.54 Å². The molecular formula is C17H14N2O5. The number of aliphatic hydroxyl groups is 1. The largest absolute Gasteiger partial charge is 0.384 e. The molecule has 7 nitrogen and oxygen atoms in total. The van der Waals surface area contributed by atoms with Crippen LogP contribution >= 0.6 is 0 Å². The fourth-order valence-electron chi connectivity index (χ4n) is 2.91. The van der Waals surface area contributed by atoms with Crippen LogP contribution < -0.4 is 0 Å². The Morgan fingerprint density at radius 1 is 0.958 bits per heavy atom. The molecule has 1 aliphatic rings. The summed E-state index contributed by atoms with van der Waals surface area (Å²) in [5.41, 5.74) is 0.926. The number of fused-ring (bicyclic) bond motifs is 1. The smallest absolute Gasteiger partial charge is 0.262 e. The second-order valence-corrected chi connectivity index (χ2v) is 5.46.